The number of anilines is 1. The third-order valence-electron chi connectivity index (χ3n) is 6.15. The van der Waals surface area contributed by atoms with E-state index in [0.29, 0.717) is 39.4 Å². The van der Waals surface area contributed by atoms with Crippen LogP contribution in [0.4, 0.5) is 14.9 Å². The number of carbonyl (C=O) groups is 2. The molecule has 2 N–H and O–H groups in total. The number of rotatable bonds is 3. The summed E-state index contributed by atoms with van der Waals surface area (Å²) in [5.74, 6) is -0.0803. The predicted octanol–water partition coefficient (Wildman–Crippen LogP) is 4.72. The van der Waals surface area contributed by atoms with Gasteiger partial charge in [-0.05, 0) is 61.9 Å². The van der Waals surface area contributed by atoms with Crippen LogP contribution in [0.15, 0.2) is 36.4 Å². The Morgan fingerprint density at radius 2 is 2.03 bits per heavy atom. The van der Waals surface area contributed by atoms with Crippen LogP contribution in [0.2, 0.25) is 5.02 Å². The Balaban J connectivity index is 1.49. The smallest absolute Gasteiger partial charge is 0.322 e. The van der Waals surface area contributed by atoms with E-state index in [1.807, 2.05) is 4.90 Å². The van der Waals surface area contributed by atoms with E-state index in [9.17, 15) is 14.0 Å². The molecule has 2 unspecified atom stereocenters. The fourth-order valence-corrected chi connectivity index (χ4v) is 4.86. The lowest BCUT2D eigenvalue weighted by Crippen LogP contribution is -2.40. The van der Waals surface area contributed by atoms with Crippen molar-refractivity contribution in [2.75, 3.05) is 11.9 Å². The number of hydrogen-bond donors (Lipinski definition) is 2. The van der Waals surface area contributed by atoms with Crippen LogP contribution in [0.5, 0.6) is 0 Å². The van der Waals surface area contributed by atoms with Crippen molar-refractivity contribution in [1.82, 2.24) is 10.2 Å². The Morgan fingerprint density at radius 3 is 2.83 bits per heavy atom. The summed E-state index contributed by atoms with van der Waals surface area (Å²) in [6.45, 7) is 0.748. The first-order chi connectivity index (χ1) is 14.0. The summed E-state index contributed by atoms with van der Waals surface area (Å²) in [6.07, 6.45) is 4.44. The fourth-order valence-electron chi connectivity index (χ4n) is 4.64. The molecule has 1 saturated heterocycles. The molecule has 29 heavy (non-hydrogen) atoms. The average Bonchev–Trinajstić information content (AvgIpc) is 3.33. The Hall–Kier alpha value is -2.60. The molecule has 0 spiro atoms. The Kier molecular flexibility index (Phi) is 4.46. The maximum atomic E-state index is 13.9. The molecule has 150 valence electrons. The van der Waals surface area contributed by atoms with Gasteiger partial charge in [0.1, 0.15) is 5.82 Å². The van der Waals surface area contributed by atoms with Gasteiger partial charge >= 0.3 is 6.03 Å². The maximum Gasteiger partial charge on any atom is 0.322 e. The van der Waals surface area contributed by atoms with Gasteiger partial charge in [0.25, 0.3) is 5.91 Å². The second kappa shape index (κ2) is 7.02. The van der Waals surface area contributed by atoms with E-state index in [4.69, 9.17) is 11.6 Å². The monoisotopic (exact) mass is 413 g/mol. The molecule has 2 atom stereocenters. The highest BCUT2D eigenvalue weighted by Gasteiger charge is 2.41. The first-order valence-corrected chi connectivity index (χ1v) is 10.4. The van der Waals surface area contributed by atoms with Crippen molar-refractivity contribution < 1.29 is 14.0 Å². The number of nitrogens with zero attached hydrogens (tertiary/aromatic N) is 1. The van der Waals surface area contributed by atoms with Crippen LogP contribution in [-0.2, 0) is 0 Å². The minimum absolute atomic E-state index is 0.142. The van der Waals surface area contributed by atoms with E-state index in [0.717, 1.165) is 19.4 Å². The van der Waals surface area contributed by atoms with Crippen LogP contribution in [0.25, 0.3) is 0 Å². The molecule has 2 aromatic rings. The molecule has 0 bridgehead atoms. The lowest BCUT2D eigenvalue weighted by molar-refractivity contribution is 0.0960. The van der Waals surface area contributed by atoms with E-state index in [1.54, 1.807) is 18.2 Å². The Morgan fingerprint density at radius 1 is 1.21 bits per heavy atom. The van der Waals surface area contributed by atoms with Crippen LogP contribution < -0.4 is 10.6 Å². The van der Waals surface area contributed by atoms with E-state index in [-0.39, 0.29) is 11.9 Å². The van der Waals surface area contributed by atoms with Crippen LogP contribution in [-0.4, -0.2) is 29.4 Å². The highest BCUT2D eigenvalue weighted by molar-refractivity contribution is 6.31. The molecular weight excluding hydrogens is 393 g/mol. The van der Waals surface area contributed by atoms with Gasteiger partial charge in [0.2, 0.25) is 0 Å². The zero-order chi connectivity index (χ0) is 20.1. The van der Waals surface area contributed by atoms with Crippen LogP contribution >= 0.6 is 11.6 Å². The van der Waals surface area contributed by atoms with Gasteiger partial charge in [-0.2, -0.15) is 0 Å². The van der Waals surface area contributed by atoms with Gasteiger partial charge in [0, 0.05) is 40.0 Å². The molecule has 2 aliphatic heterocycles. The first kappa shape index (κ1) is 18.4. The molecule has 2 heterocycles. The molecule has 0 aromatic heterocycles. The summed E-state index contributed by atoms with van der Waals surface area (Å²) < 4.78 is 13.9. The van der Waals surface area contributed by atoms with Crippen molar-refractivity contribution >= 4 is 29.2 Å². The molecule has 2 aromatic carbocycles. The number of likely N-dealkylation sites (tertiary alicyclic amines) is 1. The zero-order valence-corrected chi connectivity index (χ0v) is 16.5. The summed E-state index contributed by atoms with van der Waals surface area (Å²) in [5, 5.41) is 6.24. The van der Waals surface area contributed by atoms with Gasteiger partial charge < -0.3 is 15.5 Å². The first-order valence-electron chi connectivity index (χ1n) is 9.99. The standard InChI is InChI=1S/C22H21ClFN3O2/c23-16-9-8-13(24)11-15(16)20-19-14(21(28)26-20)3-1-4-17(19)25-22(29)27-10-2-5-18(27)12-6-7-12/h1,3-4,8-9,11-12,18,20H,2,5-7,10H2,(H,25,29)(H,26,28). The number of amides is 3. The van der Waals surface area contributed by atoms with Crippen LogP contribution in [0.3, 0.4) is 0 Å². The number of halogens is 2. The van der Waals surface area contributed by atoms with Crippen molar-refractivity contribution in [2.45, 2.75) is 37.8 Å². The minimum Gasteiger partial charge on any atom is -0.341 e. The minimum atomic E-state index is -0.616. The average molecular weight is 414 g/mol. The van der Waals surface area contributed by atoms with Gasteiger partial charge in [-0.3, -0.25) is 4.79 Å². The lowest BCUT2D eigenvalue weighted by atomic mass is 9.96. The highest BCUT2D eigenvalue weighted by atomic mass is 35.5. The van der Waals surface area contributed by atoms with E-state index in [1.165, 1.54) is 31.0 Å². The van der Waals surface area contributed by atoms with Crippen LogP contribution in [0.1, 0.15) is 53.2 Å². The molecule has 5 nitrogen and oxygen atoms in total. The van der Waals surface area contributed by atoms with Gasteiger partial charge in [0.15, 0.2) is 0 Å². The summed E-state index contributed by atoms with van der Waals surface area (Å²) in [6, 6.07) is 8.85. The topological polar surface area (TPSA) is 61.4 Å². The quantitative estimate of drug-likeness (QED) is 0.764. The molecule has 2 fully saturated rings. The predicted molar refractivity (Wildman–Crippen MR) is 109 cm³/mol. The molecule has 1 aliphatic carbocycles. The van der Waals surface area contributed by atoms with Gasteiger partial charge in [-0.15, -0.1) is 0 Å². The number of hydrogen-bond acceptors (Lipinski definition) is 2. The summed E-state index contributed by atoms with van der Waals surface area (Å²) in [4.78, 5) is 27.5. The van der Waals surface area contributed by atoms with Gasteiger partial charge in [-0.1, -0.05) is 17.7 Å². The molecule has 1 saturated carbocycles. The third kappa shape index (κ3) is 3.25. The van der Waals surface area contributed by atoms with E-state index in [2.05, 4.69) is 10.6 Å². The molecule has 7 heteroatoms. The molecule has 5 rings (SSSR count). The van der Waals surface area contributed by atoms with Crippen molar-refractivity contribution in [3.63, 3.8) is 0 Å². The summed E-state index contributed by atoms with van der Waals surface area (Å²) in [5.41, 5.74) is 2.11. The lowest BCUT2D eigenvalue weighted by Gasteiger charge is -2.26. The second-order valence-electron chi connectivity index (χ2n) is 8.01. The summed E-state index contributed by atoms with van der Waals surface area (Å²) in [7, 11) is 0. The SMILES string of the molecule is O=C1NC(c2cc(F)ccc2Cl)c2c(NC(=O)N3CCCC3C3CC3)cccc21. The van der Waals surface area contributed by atoms with Crippen molar-refractivity contribution in [1.29, 1.82) is 0 Å². The maximum absolute atomic E-state index is 13.9. The zero-order valence-electron chi connectivity index (χ0n) is 15.8. The number of nitrogens with one attached hydrogen (secondary N) is 2. The van der Waals surface area contributed by atoms with Crippen molar-refractivity contribution in [2.24, 2.45) is 5.92 Å². The normalized spacial score (nSPS) is 23.1. The highest BCUT2D eigenvalue weighted by Crippen LogP contribution is 2.42. The van der Waals surface area contributed by atoms with E-state index < -0.39 is 11.9 Å². The van der Waals surface area contributed by atoms with Gasteiger partial charge in [-0.25, -0.2) is 9.18 Å². The van der Waals surface area contributed by atoms with Crippen molar-refractivity contribution in [3.05, 3.63) is 63.9 Å². The fraction of sp³-hybridized carbons (Fsp3) is 0.364. The number of urea groups is 1. The number of carbonyl (C=O) groups excluding carboxylic acids is 2. The molecular formula is C22H21ClFN3O2. The number of benzene rings is 2. The molecule has 3 aliphatic rings. The second-order valence-corrected chi connectivity index (χ2v) is 8.42. The largest absolute Gasteiger partial charge is 0.341 e. The Bertz CT molecular complexity index is 1010. The van der Waals surface area contributed by atoms with E-state index >= 15 is 0 Å². The molecule has 3 amide bonds. The third-order valence-corrected chi connectivity index (χ3v) is 6.50. The number of fused-ring (bicyclic) bond motifs is 1. The van der Waals surface area contributed by atoms with Gasteiger partial charge in [0.05, 0.1) is 6.04 Å². The van der Waals surface area contributed by atoms with Crippen LogP contribution in [0, 0.1) is 11.7 Å². The Labute approximate surface area is 173 Å². The van der Waals surface area contributed by atoms with Crippen molar-refractivity contribution in [3.8, 4) is 0 Å². The molecule has 0 radical (unpaired) electrons. The summed E-state index contributed by atoms with van der Waals surface area (Å²) >= 11 is 6.30.